The zero-order valence-electron chi connectivity index (χ0n) is 15.6. The van der Waals surface area contributed by atoms with Gasteiger partial charge in [0.05, 0.1) is 11.6 Å². The first kappa shape index (κ1) is 19.6. The standard InChI is InChI=1S/C21H20ClNO6/c1-23-5-4-12(14(23)9-24)19-15(26)7-16(27)20-17(28)8-18(29-21(19)20)11-3-2-10(25)6-13(11)22/h2-3,6-8,12,14,24-27H,4-5,9H2,1H3/t12-,14+/m0/s1. The van der Waals surface area contributed by atoms with E-state index in [0.29, 0.717) is 24.1 Å². The lowest BCUT2D eigenvalue weighted by Crippen LogP contribution is -2.32. The van der Waals surface area contributed by atoms with Crippen molar-refractivity contribution in [2.45, 2.75) is 18.4 Å². The second-order valence-corrected chi connectivity index (χ2v) is 7.70. The first-order valence-electron chi connectivity index (χ1n) is 9.14. The molecule has 0 unspecified atom stereocenters. The number of hydrogen-bond acceptors (Lipinski definition) is 7. The second kappa shape index (κ2) is 7.26. The van der Waals surface area contributed by atoms with Gasteiger partial charge < -0.3 is 29.7 Å². The van der Waals surface area contributed by atoms with Crippen LogP contribution in [0.1, 0.15) is 17.9 Å². The molecule has 8 heteroatoms. The maximum Gasteiger partial charge on any atom is 0.197 e. The van der Waals surface area contributed by atoms with Gasteiger partial charge in [-0.15, -0.1) is 0 Å². The Kier molecular flexibility index (Phi) is 4.90. The molecule has 0 amide bonds. The average Bonchev–Trinajstić information content (AvgIpc) is 3.01. The van der Waals surface area contributed by atoms with Gasteiger partial charge in [-0.05, 0) is 38.2 Å². The molecule has 2 aromatic carbocycles. The quantitative estimate of drug-likeness (QED) is 0.518. The summed E-state index contributed by atoms with van der Waals surface area (Å²) in [5.74, 6) is -0.763. The molecular formula is C21H20ClNO6. The lowest BCUT2D eigenvalue weighted by atomic mass is 9.89. The van der Waals surface area contributed by atoms with Crippen molar-refractivity contribution in [1.29, 1.82) is 0 Å². The predicted octanol–water partition coefficient (Wildman–Crippen LogP) is 3.01. The molecule has 0 bridgehead atoms. The molecule has 4 N–H and O–H groups in total. The Labute approximate surface area is 171 Å². The van der Waals surface area contributed by atoms with E-state index in [1.807, 2.05) is 11.9 Å². The smallest absolute Gasteiger partial charge is 0.197 e. The zero-order chi connectivity index (χ0) is 20.9. The van der Waals surface area contributed by atoms with E-state index < -0.39 is 5.43 Å². The third kappa shape index (κ3) is 3.21. The Morgan fingerprint density at radius 2 is 1.93 bits per heavy atom. The summed E-state index contributed by atoms with van der Waals surface area (Å²) < 4.78 is 6.00. The number of aliphatic hydroxyl groups is 1. The minimum Gasteiger partial charge on any atom is -0.508 e. The van der Waals surface area contributed by atoms with E-state index in [1.165, 1.54) is 24.3 Å². The summed E-state index contributed by atoms with van der Waals surface area (Å²) in [5, 5.41) is 40.5. The normalized spacial score (nSPS) is 19.8. The Bertz CT molecular complexity index is 1160. The number of aromatic hydroxyl groups is 3. The van der Waals surface area contributed by atoms with Crippen molar-refractivity contribution < 1.29 is 24.8 Å². The van der Waals surface area contributed by atoms with Gasteiger partial charge in [-0.25, -0.2) is 0 Å². The van der Waals surface area contributed by atoms with Gasteiger partial charge >= 0.3 is 0 Å². The second-order valence-electron chi connectivity index (χ2n) is 7.30. The zero-order valence-corrected chi connectivity index (χ0v) is 16.3. The number of likely N-dealkylation sites (N-methyl/N-ethyl adjacent to an activating group) is 1. The first-order valence-corrected chi connectivity index (χ1v) is 9.52. The third-order valence-corrected chi connectivity index (χ3v) is 5.91. The van der Waals surface area contributed by atoms with Crippen LogP contribution < -0.4 is 5.43 Å². The predicted molar refractivity (Wildman–Crippen MR) is 109 cm³/mol. The molecule has 1 saturated heterocycles. The van der Waals surface area contributed by atoms with E-state index in [4.69, 9.17) is 16.0 Å². The Hall–Kier alpha value is -2.74. The summed E-state index contributed by atoms with van der Waals surface area (Å²) in [7, 11) is 1.87. The molecule has 0 radical (unpaired) electrons. The van der Waals surface area contributed by atoms with E-state index in [2.05, 4.69) is 0 Å². The van der Waals surface area contributed by atoms with Crippen LogP contribution in [-0.2, 0) is 0 Å². The first-order chi connectivity index (χ1) is 13.8. The molecule has 1 aliphatic rings. The van der Waals surface area contributed by atoms with Crippen molar-refractivity contribution in [3.05, 3.63) is 51.1 Å². The Balaban J connectivity index is 2.01. The highest BCUT2D eigenvalue weighted by molar-refractivity contribution is 6.33. The fourth-order valence-electron chi connectivity index (χ4n) is 4.13. The van der Waals surface area contributed by atoms with Gasteiger partial charge in [-0.3, -0.25) is 4.79 Å². The van der Waals surface area contributed by atoms with Crippen molar-refractivity contribution in [1.82, 2.24) is 4.90 Å². The monoisotopic (exact) mass is 417 g/mol. The molecule has 29 heavy (non-hydrogen) atoms. The minimum atomic E-state index is -0.490. The van der Waals surface area contributed by atoms with Crippen LogP contribution in [-0.4, -0.2) is 51.6 Å². The highest BCUT2D eigenvalue weighted by Gasteiger charge is 2.36. The van der Waals surface area contributed by atoms with E-state index >= 15 is 0 Å². The van der Waals surface area contributed by atoms with Gasteiger partial charge in [-0.1, -0.05) is 11.6 Å². The van der Waals surface area contributed by atoms with Crippen LogP contribution in [0.5, 0.6) is 17.2 Å². The van der Waals surface area contributed by atoms with E-state index in [1.54, 1.807) is 0 Å². The highest BCUT2D eigenvalue weighted by atomic mass is 35.5. The lowest BCUT2D eigenvalue weighted by molar-refractivity contribution is 0.172. The Morgan fingerprint density at radius 3 is 2.62 bits per heavy atom. The van der Waals surface area contributed by atoms with E-state index in [9.17, 15) is 25.2 Å². The van der Waals surface area contributed by atoms with Crippen LogP contribution in [0, 0.1) is 0 Å². The van der Waals surface area contributed by atoms with Crippen molar-refractivity contribution in [3.63, 3.8) is 0 Å². The van der Waals surface area contributed by atoms with Crippen LogP contribution in [0.3, 0.4) is 0 Å². The summed E-state index contributed by atoms with van der Waals surface area (Å²) in [4.78, 5) is 14.8. The summed E-state index contributed by atoms with van der Waals surface area (Å²) in [6, 6.07) is 6.35. The number of fused-ring (bicyclic) bond motifs is 1. The van der Waals surface area contributed by atoms with Gasteiger partial charge in [0, 0.05) is 35.2 Å². The fourth-order valence-corrected chi connectivity index (χ4v) is 4.40. The van der Waals surface area contributed by atoms with Gasteiger partial charge in [0.1, 0.15) is 34.0 Å². The summed E-state index contributed by atoms with van der Waals surface area (Å²) in [6.45, 7) is 0.572. The van der Waals surface area contributed by atoms with Crippen LogP contribution in [0.15, 0.2) is 39.5 Å². The number of nitrogens with zero attached hydrogens (tertiary/aromatic N) is 1. The number of phenolic OH excluding ortho intramolecular Hbond substituents is 3. The molecule has 152 valence electrons. The van der Waals surface area contributed by atoms with Crippen molar-refractivity contribution >= 4 is 22.6 Å². The fraction of sp³-hybridized carbons (Fsp3) is 0.286. The molecule has 2 atom stereocenters. The van der Waals surface area contributed by atoms with Crippen LogP contribution in [0.25, 0.3) is 22.3 Å². The molecule has 1 aromatic heterocycles. The van der Waals surface area contributed by atoms with Crippen LogP contribution in [0.4, 0.5) is 0 Å². The molecule has 1 fully saturated rings. The number of rotatable bonds is 3. The molecule has 0 spiro atoms. The maximum atomic E-state index is 12.8. The third-order valence-electron chi connectivity index (χ3n) is 5.60. The van der Waals surface area contributed by atoms with Gasteiger partial charge in [0.25, 0.3) is 0 Å². The number of hydrogen-bond donors (Lipinski definition) is 4. The van der Waals surface area contributed by atoms with Crippen LogP contribution in [0.2, 0.25) is 5.02 Å². The largest absolute Gasteiger partial charge is 0.508 e. The molecule has 0 saturated carbocycles. The van der Waals surface area contributed by atoms with Crippen molar-refractivity contribution in [3.8, 4) is 28.6 Å². The topological polar surface area (TPSA) is 114 Å². The molecule has 7 nitrogen and oxygen atoms in total. The number of likely N-dealkylation sites (tertiary alicyclic amines) is 1. The van der Waals surface area contributed by atoms with E-state index in [-0.39, 0.29) is 57.6 Å². The summed E-state index contributed by atoms with van der Waals surface area (Å²) in [5.41, 5.74) is 0.332. The number of phenols is 3. The van der Waals surface area contributed by atoms with Gasteiger partial charge in [-0.2, -0.15) is 0 Å². The number of benzene rings is 2. The van der Waals surface area contributed by atoms with E-state index in [0.717, 1.165) is 6.07 Å². The average molecular weight is 418 g/mol. The highest BCUT2D eigenvalue weighted by Crippen LogP contribution is 2.44. The molecule has 1 aliphatic heterocycles. The summed E-state index contributed by atoms with van der Waals surface area (Å²) >= 11 is 6.20. The van der Waals surface area contributed by atoms with Gasteiger partial charge in [0.15, 0.2) is 5.43 Å². The van der Waals surface area contributed by atoms with Gasteiger partial charge in [0.2, 0.25) is 0 Å². The molecule has 2 heterocycles. The number of aliphatic hydroxyl groups excluding tert-OH is 1. The summed E-state index contributed by atoms with van der Waals surface area (Å²) in [6.07, 6.45) is 0.642. The van der Waals surface area contributed by atoms with Crippen LogP contribution >= 0.6 is 11.6 Å². The molecule has 3 aromatic rings. The van der Waals surface area contributed by atoms with Crippen molar-refractivity contribution in [2.75, 3.05) is 20.2 Å². The number of halogens is 1. The SMILES string of the molecule is CN1CC[C@H](c2c(O)cc(O)c3c(=O)cc(-c4ccc(O)cc4Cl)oc23)[C@H]1CO. The molecule has 0 aliphatic carbocycles. The Morgan fingerprint density at radius 1 is 1.17 bits per heavy atom. The lowest BCUT2D eigenvalue weighted by Gasteiger charge is -2.24. The van der Waals surface area contributed by atoms with Crippen molar-refractivity contribution in [2.24, 2.45) is 0 Å². The molecule has 4 rings (SSSR count). The maximum absolute atomic E-state index is 12.8. The minimum absolute atomic E-state index is 0.0300. The molecular weight excluding hydrogens is 398 g/mol.